The standard InChI is InChI=1S/C14H20N2O.2C2H6/c1-11-3-5-13(6-4-11)14(12(2)17)16-9-7-15-8-10-16;2*1-2/h3-6,14-15H,7-10H2,1-2H3;2*1-2H3. The van der Waals surface area contributed by atoms with Gasteiger partial charge in [0.25, 0.3) is 0 Å². The number of Topliss-reactive ketones (excluding diaryl/α,β-unsaturated/α-hetero) is 1. The van der Waals surface area contributed by atoms with Gasteiger partial charge in [-0.2, -0.15) is 0 Å². The summed E-state index contributed by atoms with van der Waals surface area (Å²) in [5.41, 5.74) is 2.35. The van der Waals surface area contributed by atoms with E-state index in [2.05, 4.69) is 41.4 Å². The molecule has 1 heterocycles. The van der Waals surface area contributed by atoms with Crippen molar-refractivity contribution < 1.29 is 4.79 Å². The molecule has 1 atom stereocenters. The van der Waals surface area contributed by atoms with Crippen LogP contribution in [-0.4, -0.2) is 36.9 Å². The van der Waals surface area contributed by atoms with Gasteiger partial charge in [0.2, 0.25) is 0 Å². The zero-order valence-corrected chi connectivity index (χ0v) is 14.6. The Bertz CT molecular complexity index is 381. The summed E-state index contributed by atoms with van der Waals surface area (Å²) in [5, 5.41) is 3.32. The Morgan fingerprint density at radius 1 is 1.05 bits per heavy atom. The molecule has 0 spiro atoms. The quantitative estimate of drug-likeness (QED) is 0.924. The van der Waals surface area contributed by atoms with Crippen LogP contribution in [0.3, 0.4) is 0 Å². The second-order valence-electron chi connectivity index (χ2n) is 4.71. The Morgan fingerprint density at radius 2 is 1.52 bits per heavy atom. The lowest BCUT2D eigenvalue weighted by molar-refractivity contribution is -0.122. The summed E-state index contributed by atoms with van der Waals surface area (Å²) in [6.45, 7) is 15.6. The van der Waals surface area contributed by atoms with Crippen molar-refractivity contribution in [2.75, 3.05) is 26.2 Å². The Hall–Kier alpha value is -1.19. The molecule has 1 aliphatic heterocycles. The summed E-state index contributed by atoms with van der Waals surface area (Å²) in [7, 11) is 0. The van der Waals surface area contributed by atoms with Crippen molar-refractivity contribution in [1.82, 2.24) is 10.2 Å². The normalized spacial score (nSPS) is 15.9. The van der Waals surface area contributed by atoms with Crippen molar-refractivity contribution >= 4 is 5.78 Å². The van der Waals surface area contributed by atoms with Gasteiger partial charge >= 0.3 is 0 Å². The minimum Gasteiger partial charge on any atom is -0.314 e. The summed E-state index contributed by atoms with van der Waals surface area (Å²) in [6.07, 6.45) is 0. The molecule has 1 aliphatic rings. The van der Waals surface area contributed by atoms with Crippen LogP contribution in [0.15, 0.2) is 24.3 Å². The lowest BCUT2D eigenvalue weighted by Gasteiger charge is -2.33. The van der Waals surface area contributed by atoms with Gasteiger partial charge in [-0.25, -0.2) is 0 Å². The van der Waals surface area contributed by atoms with Gasteiger partial charge in [-0.05, 0) is 19.4 Å². The predicted molar refractivity (Wildman–Crippen MR) is 91.7 cm³/mol. The molecule has 21 heavy (non-hydrogen) atoms. The van der Waals surface area contributed by atoms with E-state index in [-0.39, 0.29) is 11.8 Å². The second-order valence-corrected chi connectivity index (χ2v) is 4.71. The lowest BCUT2D eigenvalue weighted by atomic mass is 10.00. The molecular formula is C18H32N2O. The first kappa shape index (κ1) is 19.8. The zero-order valence-electron chi connectivity index (χ0n) is 14.6. The number of nitrogens with one attached hydrogen (secondary N) is 1. The minimum absolute atomic E-state index is 0.0716. The fourth-order valence-corrected chi connectivity index (χ4v) is 2.39. The third-order valence-corrected chi connectivity index (χ3v) is 3.29. The Morgan fingerprint density at radius 3 is 1.95 bits per heavy atom. The molecule has 1 fully saturated rings. The first-order valence-corrected chi connectivity index (χ1v) is 8.20. The van der Waals surface area contributed by atoms with Crippen LogP contribution >= 0.6 is 0 Å². The van der Waals surface area contributed by atoms with Crippen LogP contribution < -0.4 is 5.32 Å². The number of rotatable bonds is 3. The van der Waals surface area contributed by atoms with Crippen LogP contribution in [0.2, 0.25) is 0 Å². The molecule has 1 aromatic rings. The number of hydrogen-bond acceptors (Lipinski definition) is 3. The molecular weight excluding hydrogens is 260 g/mol. The maximum Gasteiger partial charge on any atom is 0.151 e. The molecule has 0 aromatic heterocycles. The first-order chi connectivity index (χ1) is 10.2. The fourth-order valence-electron chi connectivity index (χ4n) is 2.39. The van der Waals surface area contributed by atoms with E-state index in [1.54, 1.807) is 6.92 Å². The monoisotopic (exact) mass is 292 g/mol. The van der Waals surface area contributed by atoms with E-state index in [0.717, 1.165) is 31.7 Å². The molecule has 1 aromatic carbocycles. The SMILES string of the molecule is CC.CC.CC(=O)C(c1ccc(C)cc1)N1CCNCC1. The fraction of sp³-hybridized carbons (Fsp3) is 0.611. The molecule has 120 valence electrons. The van der Waals surface area contributed by atoms with Gasteiger partial charge in [0.05, 0.1) is 6.04 Å². The van der Waals surface area contributed by atoms with E-state index >= 15 is 0 Å². The number of aryl methyl sites for hydroxylation is 1. The maximum atomic E-state index is 11.9. The molecule has 3 nitrogen and oxygen atoms in total. The van der Waals surface area contributed by atoms with E-state index in [4.69, 9.17) is 0 Å². The minimum atomic E-state index is -0.0716. The molecule has 1 N–H and O–H groups in total. The van der Waals surface area contributed by atoms with Crippen molar-refractivity contribution in [2.24, 2.45) is 0 Å². The predicted octanol–water partition coefficient (Wildman–Crippen LogP) is 3.58. The molecule has 1 unspecified atom stereocenters. The summed E-state index contributed by atoms with van der Waals surface area (Å²) in [5.74, 6) is 0.232. The van der Waals surface area contributed by atoms with Crippen LogP contribution in [0.1, 0.15) is 51.8 Å². The van der Waals surface area contributed by atoms with Crippen LogP contribution in [0.5, 0.6) is 0 Å². The third kappa shape index (κ3) is 6.40. The van der Waals surface area contributed by atoms with Gasteiger partial charge in [0.15, 0.2) is 5.78 Å². The number of piperazine rings is 1. The first-order valence-electron chi connectivity index (χ1n) is 8.20. The van der Waals surface area contributed by atoms with Crippen molar-refractivity contribution in [3.8, 4) is 0 Å². The van der Waals surface area contributed by atoms with Gasteiger partial charge in [-0.1, -0.05) is 57.5 Å². The third-order valence-electron chi connectivity index (χ3n) is 3.29. The zero-order chi connectivity index (χ0) is 16.3. The highest BCUT2D eigenvalue weighted by molar-refractivity contribution is 5.83. The summed E-state index contributed by atoms with van der Waals surface area (Å²) in [6, 6.07) is 8.23. The second kappa shape index (κ2) is 11.5. The van der Waals surface area contributed by atoms with Gasteiger partial charge in [-0.15, -0.1) is 0 Å². The van der Waals surface area contributed by atoms with Crippen LogP contribution in [0, 0.1) is 6.92 Å². The highest BCUT2D eigenvalue weighted by Gasteiger charge is 2.25. The Balaban J connectivity index is 0.000000921. The van der Waals surface area contributed by atoms with E-state index in [1.165, 1.54) is 5.56 Å². The molecule has 1 saturated heterocycles. The number of nitrogens with zero attached hydrogens (tertiary/aromatic N) is 1. The molecule has 3 heteroatoms. The van der Waals surface area contributed by atoms with Crippen LogP contribution in [-0.2, 0) is 4.79 Å². The van der Waals surface area contributed by atoms with Gasteiger partial charge in [-0.3, -0.25) is 9.69 Å². The molecule has 0 saturated carbocycles. The average Bonchev–Trinajstić information content (AvgIpc) is 2.54. The summed E-state index contributed by atoms with van der Waals surface area (Å²) in [4.78, 5) is 14.1. The highest BCUT2D eigenvalue weighted by atomic mass is 16.1. The van der Waals surface area contributed by atoms with Gasteiger partial charge in [0, 0.05) is 26.2 Å². The van der Waals surface area contributed by atoms with E-state index < -0.39 is 0 Å². The smallest absolute Gasteiger partial charge is 0.151 e. The van der Waals surface area contributed by atoms with Crippen molar-refractivity contribution in [3.63, 3.8) is 0 Å². The summed E-state index contributed by atoms with van der Waals surface area (Å²) >= 11 is 0. The van der Waals surface area contributed by atoms with Gasteiger partial charge in [0.1, 0.15) is 0 Å². The van der Waals surface area contributed by atoms with E-state index in [0.29, 0.717) is 0 Å². The number of carbonyl (C=O) groups is 1. The van der Waals surface area contributed by atoms with Crippen molar-refractivity contribution in [3.05, 3.63) is 35.4 Å². The molecule has 0 radical (unpaired) electrons. The van der Waals surface area contributed by atoms with E-state index in [9.17, 15) is 4.79 Å². The largest absolute Gasteiger partial charge is 0.314 e. The Labute approximate surface area is 130 Å². The van der Waals surface area contributed by atoms with Crippen LogP contribution in [0.4, 0.5) is 0 Å². The topological polar surface area (TPSA) is 32.3 Å². The average molecular weight is 292 g/mol. The number of hydrogen-bond donors (Lipinski definition) is 1. The molecule has 0 aliphatic carbocycles. The number of carbonyl (C=O) groups excluding carboxylic acids is 1. The van der Waals surface area contributed by atoms with Gasteiger partial charge < -0.3 is 5.32 Å². The maximum absolute atomic E-state index is 11.9. The molecule has 0 bridgehead atoms. The van der Waals surface area contributed by atoms with Crippen molar-refractivity contribution in [2.45, 2.75) is 47.6 Å². The number of benzene rings is 1. The highest BCUT2D eigenvalue weighted by Crippen LogP contribution is 2.22. The number of ketones is 1. The van der Waals surface area contributed by atoms with E-state index in [1.807, 2.05) is 27.7 Å². The van der Waals surface area contributed by atoms with Crippen LogP contribution in [0.25, 0.3) is 0 Å². The molecule has 0 amide bonds. The summed E-state index contributed by atoms with van der Waals surface area (Å²) < 4.78 is 0. The molecule has 2 rings (SSSR count). The lowest BCUT2D eigenvalue weighted by Crippen LogP contribution is -2.46. The van der Waals surface area contributed by atoms with Crippen molar-refractivity contribution in [1.29, 1.82) is 0 Å². The Kier molecular flexibility index (Phi) is 10.8.